The molecule has 2 bridgehead atoms. The maximum Gasteiger partial charge on any atom is 0.410 e. The van der Waals surface area contributed by atoms with E-state index in [-0.39, 0.29) is 36.7 Å². The molecule has 0 radical (unpaired) electrons. The number of ether oxygens (including phenoxy) is 1. The van der Waals surface area contributed by atoms with Gasteiger partial charge in [-0.3, -0.25) is 4.79 Å². The van der Waals surface area contributed by atoms with Gasteiger partial charge >= 0.3 is 6.09 Å². The van der Waals surface area contributed by atoms with Gasteiger partial charge in [0.15, 0.2) is 0 Å². The summed E-state index contributed by atoms with van der Waals surface area (Å²) in [5.74, 6) is 0.0135. The van der Waals surface area contributed by atoms with Gasteiger partial charge in [-0.25, -0.2) is 4.79 Å². The number of hydrogen-bond donors (Lipinski definition) is 2. The minimum Gasteiger partial charge on any atom is -0.445 e. The van der Waals surface area contributed by atoms with Crippen LogP contribution in [0.2, 0.25) is 0 Å². The molecule has 2 saturated heterocycles. The lowest BCUT2D eigenvalue weighted by Gasteiger charge is -2.38. The lowest BCUT2D eigenvalue weighted by molar-refractivity contribution is -0.121. The molecule has 2 N–H and O–H groups in total. The molecule has 2 amide bonds. The molecule has 2 heterocycles. The van der Waals surface area contributed by atoms with E-state index < -0.39 is 0 Å². The van der Waals surface area contributed by atoms with Gasteiger partial charge in [0.1, 0.15) is 6.61 Å². The Morgan fingerprint density at radius 1 is 1.35 bits per heavy atom. The Balaban J connectivity index is 1.89. The van der Waals surface area contributed by atoms with Gasteiger partial charge in [-0.15, -0.1) is 0 Å². The summed E-state index contributed by atoms with van der Waals surface area (Å²) in [6.07, 6.45) is 4.94. The number of nitrogens with zero attached hydrogens (tertiary/aromatic N) is 1. The highest BCUT2D eigenvalue weighted by Gasteiger charge is 2.44. The van der Waals surface area contributed by atoms with E-state index in [1.807, 2.05) is 4.90 Å². The van der Waals surface area contributed by atoms with E-state index in [0.717, 1.165) is 25.7 Å². The maximum absolute atomic E-state index is 12.0. The van der Waals surface area contributed by atoms with Gasteiger partial charge in [-0.2, -0.15) is 0 Å². The SMILES string of the molecule is C=CCOC(=O)N1C2CC[C@H]1CC(NC(=O)CNC)C2. The summed E-state index contributed by atoms with van der Waals surface area (Å²) in [7, 11) is 1.75. The summed E-state index contributed by atoms with van der Waals surface area (Å²) in [6.45, 7) is 4.12. The third kappa shape index (κ3) is 3.30. The van der Waals surface area contributed by atoms with Crippen LogP contribution in [0.3, 0.4) is 0 Å². The Bertz CT molecular complexity index is 372. The van der Waals surface area contributed by atoms with Crippen LogP contribution >= 0.6 is 0 Å². The highest BCUT2D eigenvalue weighted by Crippen LogP contribution is 2.36. The molecule has 112 valence electrons. The van der Waals surface area contributed by atoms with E-state index in [9.17, 15) is 9.59 Å². The number of amides is 2. The lowest BCUT2D eigenvalue weighted by Crippen LogP contribution is -2.53. The van der Waals surface area contributed by atoms with E-state index >= 15 is 0 Å². The fourth-order valence-electron chi connectivity index (χ4n) is 3.24. The van der Waals surface area contributed by atoms with Crippen molar-refractivity contribution in [2.75, 3.05) is 20.2 Å². The van der Waals surface area contributed by atoms with Crippen molar-refractivity contribution >= 4 is 12.0 Å². The fourth-order valence-corrected chi connectivity index (χ4v) is 3.24. The Hall–Kier alpha value is -1.56. The van der Waals surface area contributed by atoms with Gasteiger partial charge in [-0.05, 0) is 32.7 Å². The topological polar surface area (TPSA) is 70.7 Å². The van der Waals surface area contributed by atoms with Gasteiger partial charge in [0, 0.05) is 18.1 Å². The predicted molar refractivity (Wildman–Crippen MR) is 75.3 cm³/mol. The molecule has 2 unspecified atom stereocenters. The Morgan fingerprint density at radius 2 is 2.00 bits per heavy atom. The molecule has 20 heavy (non-hydrogen) atoms. The molecule has 2 fully saturated rings. The second kappa shape index (κ2) is 6.74. The number of nitrogens with one attached hydrogen (secondary N) is 2. The molecule has 0 aliphatic carbocycles. The van der Waals surface area contributed by atoms with Crippen molar-refractivity contribution in [3.8, 4) is 0 Å². The monoisotopic (exact) mass is 281 g/mol. The van der Waals surface area contributed by atoms with Crippen LogP contribution in [-0.2, 0) is 9.53 Å². The zero-order chi connectivity index (χ0) is 14.5. The van der Waals surface area contributed by atoms with Crippen LogP contribution in [0.5, 0.6) is 0 Å². The van der Waals surface area contributed by atoms with E-state index in [4.69, 9.17) is 4.74 Å². The molecule has 2 aliphatic heterocycles. The van der Waals surface area contributed by atoms with Gasteiger partial charge in [0.2, 0.25) is 5.91 Å². The zero-order valence-corrected chi connectivity index (χ0v) is 11.9. The number of rotatable bonds is 5. The largest absolute Gasteiger partial charge is 0.445 e. The first-order chi connectivity index (χ1) is 9.65. The molecule has 2 rings (SSSR count). The van der Waals surface area contributed by atoms with Crippen LogP contribution in [0.25, 0.3) is 0 Å². The van der Waals surface area contributed by atoms with Crippen LogP contribution < -0.4 is 10.6 Å². The number of hydrogen-bond acceptors (Lipinski definition) is 4. The first-order valence-corrected chi connectivity index (χ1v) is 7.15. The molecule has 3 atom stereocenters. The van der Waals surface area contributed by atoms with Gasteiger partial charge in [0.05, 0.1) is 6.54 Å². The highest BCUT2D eigenvalue weighted by molar-refractivity contribution is 5.78. The molecule has 0 aromatic heterocycles. The van der Waals surface area contributed by atoms with Gasteiger partial charge in [-0.1, -0.05) is 12.7 Å². The molecule has 6 heteroatoms. The maximum atomic E-state index is 12.0. The van der Waals surface area contributed by atoms with Gasteiger partial charge in [0.25, 0.3) is 0 Å². The molecular formula is C14H23N3O3. The number of fused-ring (bicyclic) bond motifs is 2. The van der Waals surface area contributed by atoms with Crippen LogP contribution in [-0.4, -0.2) is 55.2 Å². The van der Waals surface area contributed by atoms with Crippen LogP contribution in [0.15, 0.2) is 12.7 Å². The third-order valence-corrected chi connectivity index (χ3v) is 3.97. The fraction of sp³-hybridized carbons (Fsp3) is 0.714. The summed E-state index contributed by atoms with van der Waals surface area (Å²) in [5, 5.41) is 5.87. The van der Waals surface area contributed by atoms with Crippen molar-refractivity contribution in [1.29, 1.82) is 0 Å². The van der Waals surface area contributed by atoms with Crippen LogP contribution in [0.4, 0.5) is 4.79 Å². The summed E-state index contributed by atoms with van der Waals surface area (Å²) >= 11 is 0. The summed E-state index contributed by atoms with van der Waals surface area (Å²) in [6, 6.07) is 0.536. The summed E-state index contributed by atoms with van der Waals surface area (Å²) in [5.41, 5.74) is 0. The molecule has 0 aromatic rings. The second-order valence-electron chi connectivity index (χ2n) is 5.42. The quantitative estimate of drug-likeness (QED) is 0.726. The number of carbonyl (C=O) groups excluding carboxylic acids is 2. The van der Waals surface area contributed by atoms with Crippen molar-refractivity contribution < 1.29 is 14.3 Å². The van der Waals surface area contributed by atoms with E-state index in [0.29, 0.717) is 6.54 Å². The van der Waals surface area contributed by atoms with Crippen LogP contribution in [0.1, 0.15) is 25.7 Å². The summed E-state index contributed by atoms with van der Waals surface area (Å²) in [4.78, 5) is 25.5. The van der Waals surface area contributed by atoms with Crippen molar-refractivity contribution in [2.24, 2.45) is 0 Å². The minimum absolute atomic E-state index is 0.0135. The van der Waals surface area contributed by atoms with Crippen molar-refractivity contribution in [2.45, 2.75) is 43.8 Å². The molecule has 0 spiro atoms. The number of piperidine rings is 1. The standard InChI is InChI=1S/C14H23N3O3/c1-3-6-20-14(19)17-11-4-5-12(17)8-10(7-11)16-13(18)9-15-2/h3,10-12,15H,1,4-9H2,2H3,(H,16,18)/t10?,11-,12?/m0/s1. The molecule has 6 nitrogen and oxygen atoms in total. The normalized spacial score (nSPS) is 28.1. The van der Waals surface area contributed by atoms with E-state index in [1.54, 1.807) is 13.1 Å². The molecular weight excluding hydrogens is 258 g/mol. The number of carbonyl (C=O) groups is 2. The van der Waals surface area contributed by atoms with Crippen molar-refractivity contribution in [3.05, 3.63) is 12.7 Å². The second-order valence-corrected chi connectivity index (χ2v) is 5.42. The first kappa shape index (κ1) is 14.8. The average Bonchev–Trinajstić information content (AvgIpc) is 2.68. The summed E-state index contributed by atoms with van der Waals surface area (Å²) < 4.78 is 5.14. The Labute approximate surface area is 119 Å². The van der Waals surface area contributed by atoms with Crippen molar-refractivity contribution in [3.63, 3.8) is 0 Å². The highest BCUT2D eigenvalue weighted by atomic mass is 16.6. The van der Waals surface area contributed by atoms with Gasteiger partial charge < -0.3 is 20.3 Å². The Kier molecular flexibility index (Phi) is 5.00. The zero-order valence-electron chi connectivity index (χ0n) is 11.9. The number of likely N-dealkylation sites (N-methyl/N-ethyl adjacent to an activating group) is 1. The van der Waals surface area contributed by atoms with Crippen LogP contribution in [0, 0.1) is 0 Å². The molecule has 0 aromatic carbocycles. The molecule has 0 saturated carbocycles. The Morgan fingerprint density at radius 3 is 2.55 bits per heavy atom. The molecule has 2 aliphatic rings. The minimum atomic E-state index is -0.252. The predicted octanol–water partition coefficient (Wildman–Crippen LogP) is 0.640. The third-order valence-electron chi connectivity index (χ3n) is 3.97. The van der Waals surface area contributed by atoms with E-state index in [1.165, 1.54) is 0 Å². The average molecular weight is 281 g/mol. The van der Waals surface area contributed by atoms with Crippen molar-refractivity contribution in [1.82, 2.24) is 15.5 Å². The smallest absolute Gasteiger partial charge is 0.410 e. The first-order valence-electron chi connectivity index (χ1n) is 7.15. The van der Waals surface area contributed by atoms with E-state index in [2.05, 4.69) is 17.2 Å². The lowest BCUT2D eigenvalue weighted by atomic mass is 9.98.